The Hall–Kier alpha value is -2.85. The van der Waals surface area contributed by atoms with E-state index in [2.05, 4.69) is 4.98 Å². The summed E-state index contributed by atoms with van der Waals surface area (Å²) in [6, 6.07) is 19.4. The summed E-state index contributed by atoms with van der Waals surface area (Å²) in [5.41, 5.74) is 2.49. The van der Waals surface area contributed by atoms with E-state index in [0.29, 0.717) is 18.8 Å². The highest BCUT2D eigenvalue weighted by Crippen LogP contribution is 2.26. The molecule has 1 aromatic heterocycles. The molecule has 0 amide bonds. The molecule has 0 spiro atoms. The van der Waals surface area contributed by atoms with E-state index in [1.54, 1.807) is 10.6 Å². The van der Waals surface area contributed by atoms with Crippen LogP contribution in [0.2, 0.25) is 5.15 Å². The minimum absolute atomic E-state index is 0.215. The third-order valence-corrected chi connectivity index (χ3v) is 4.13. The van der Waals surface area contributed by atoms with E-state index in [9.17, 15) is 4.79 Å². The summed E-state index contributed by atoms with van der Waals surface area (Å²) in [5, 5.41) is 0.280. The maximum atomic E-state index is 13.0. The Kier molecular flexibility index (Phi) is 5.87. The van der Waals surface area contributed by atoms with Gasteiger partial charge in [-0.05, 0) is 12.5 Å². The second kappa shape index (κ2) is 8.50. The maximum absolute atomic E-state index is 13.0. The van der Waals surface area contributed by atoms with Crippen molar-refractivity contribution < 1.29 is 4.74 Å². The van der Waals surface area contributed by atoms with Gasteiger partial charge in [-0.15, -0.1) is 0 Å². The van der Waals surface area contributed by atoms with E-state index in [1.807, 2.05) is 67.6 Å². The molecule has 0 N–H and O–H groups in total. The van der Waals surface area contributed by atoms with Crippen LogP contribution in [0.4, 0.5) is 0 Å². The summed E-state index contributed by atoms with van der Waals surface area (Å²) in [5.74, 6) is 0. The van der Waals surface area contributed by atoms with Crippen molar-refractivity contribution in [2.75, 3.05) is 6.61 Å². The normalized spacial score (nSPS) is 11.0. The molecular formula is C21H19ClN2O2. The van der Waals surface area contributed by atoms with E-state index in [1.165, 1.54) is 6.26 Å². The van der Waals surface area contributed by atoms with Crippen molar-refractivity contribution in [3.8, 4) is 11.3 Å². The zero-order chi connectivity index (χ0) is 18.4. The van der Waals surface area contributed by atoms with Crippen LogP contribution in [0.15, 0.2) is 71.7 Å². The Morgan fingerprint density at radius 1 is 1.08 bits per heavy atom. The molecule has 0 aliphatic heterocycles. The number of benzene rings is 2. The Bertz CT molecular complexity index is 951. The average Bonchev–Trinajstić information content (AvgIpc) is 2.67. The Morgan fingerprint density at radius 3 is 2.38 bits per heavy atom. The maximum Gasteiger partial charge on any atom is 0.277 e. The van der Waals surface area contributed by atoms with Crippen LogP contribution in [0.25, 0.3) is 17.3 Å². The van der Waals surface area contributed by atoms with Gasteiger partial charge < -0.3 is 4.74 Å². The topological polar surface area (TPSA) is 44.1 Å². The average molecular weight is 367 g/mol. The van der Waals surface area contributed by atoms with Crippen LogP contribution in [0.1, 0.15) is 18.2 Å². The van der Waals surface area contributed by atoms with Gasteiger partial charge in [0.05, 0.1) is 25.1 Å². The minimum Gasteiger partial charge on any atom is -0.501 e. The van der Waals surface area contributed by atoms with Gasteiger partial charge in [0.1, 0.15) is 5.69 Å². The third kappa shape index (κ3) is 4.03. The molecule has 0 saturated heterocycles. The first kappa shape index (κ1) is 18.0. The lowest BCUT2D eigenvalue weighted by Gasteiger charge is -2.15. The highest BCUT2D eigenvalue weighted by molar-refractivity contribution is 6.31. The molecular weight excluding hydrogens is 348 g/mol. The summed E-state index contributed by atoms with van der Waals surface area (Å²) in [4.78, 5) is 17.3. The quantitative estimate of drug-likeness (QED) is 0.598. The van der Waals surface area contributed by atoms with Crippen LogP contribution in [-0.4, -0.2) is 16.2 Å². The van der Waals surface area contributed by atoms with Crippen LogP contribution in [0, 0.1) is 0 Å². The van der Waals surface area contributed by atoms with Crippen LogP contribution >= 0.6 is 11.6 Å². The van der Waals surface area contributed by atoms with E-state index >= 15 is 0 Å². The van der Waals surface area contributed by atoms with Crippen LogP contribution in [-0.2, 0) is 11.3 Å². The van der Waals surface area contributed by atoms with E-state index in [-0.39, 0.29) is 16.4 Å². The number of nitrogens with zero attached hydrogens (tertiary/aromatic N) is 2. The largest absolute Gasteiger partial charge is 0.501 e. The van der Waals surface area contributed by atoms with Gasteiger partial charge in [0.2, 0.25) is 0 Å². The predicted molar refractivity (Wildman–Crippen MR) is 105 cm³/mol. The van der Waals surface area contributed by atoms with E-state index in [0.717, 1.165) is 11.1 Å². The van der Waals surface area contributed by atoms with Crippen molar-refractivity contribution in [1.82, 2.24) is 9.55 Å². The molecule has 0 aliphatic carbocycles. The lowest BCUT2D eigenvalue weighted by atomic mass is 10.1. The molecule has 3 rings (SSSR count). The molecule has 2 aromatic carbocycles. The van der Waals surface area contributed by atoms with Crippen molar-refractivity contribution in [3.63, 3.8) is 0 Å². The molecule has 26 heavy (non-hydrogen) atoms. The van der Waals surface area contributed by atoms with Gasteiger partial charge in [-0.1, -0.05) is 72.3 Å². The summed E-state index contributed by atoms with van der Waals surface area (Å²) in [7, 11) is 0. The molecule has 5 heteroatoms. The van der Waals surface area contributed by atoms with Gasteiger partial charge in [-0.25, -0.2) is 4.98 Å². The van der Waals surface area contributed by atoms with Gasteiger partial charge >= 0.3 is 0 Å². The molecule has 0 radical (unpaired) electrons. The Labute approximate surface area is 157 Å². The van der Waals surface area contributed by atoms with Gasteiger partial charge in [0.25, 0.3) is 5.56 Å². The van der Waals surface area contributed by atoms with E-state index < -0.39 is 0 Å². The first-order chi connectivity index (χ1) is 12.7. The summed E-state index contributed by atoms with van der Waals surface area (Å²) in [6.07, 6.45) is 3.02. The number of hydrogen-bond donors (Lipinski definition) is 0. The van der Waals surface area contributed by atoms with Crippen LogP contribution in [0.5, 0.6) is 0 Å². The van der Waals surface area contributed by atoms with Crippen molar-refractivity contribution in [2.45, 2.75) is 13.5 Å². The van der Waals surface area contributed by atoms with Crippen LogP contribution < -0.4 is 5.56 Å². The Balaban J connectivity index is 2.17. The van der Waals surface area contributed by atoms with Crippen LogP contribution in [0.3, 0.4) is 0 Å². The fourth-order valence-electron chi connectivity index (χ4n) is 2.66. The zero-order valence-corrected chi connectivity index (χ0v) is 15.2. The molecule has 1 heterocycles. The fraction of sp³-hybridized carbons (Fsp3) is 0.143. The second-order valence-electron chi connectivity index (χ2n) is 5.64. The molecule has 0 saturated carbocycles. The highest BCUT2D eigenvalue weighted by Gasteiger charge is 2.16. The first-order valence-corrected chi connectivity index (χ1v) is 8.76. The van der Waals surface area contributed by atoms with Crippen molar-refractivity contribution in [3.05, 3.63) is 93.7 Å². The standard InChI is InChI=1S/C21H19ClN2O2/c1-2-26-14-13-18-21(25)24(15-16-9-5-3-6-10-16)19(20(22)23-18)17-11-7-4-8-12-17/h3-14H,2,15H2,1H3/b14-13+. The van der Waals surface area contributed by atoms with Crippen molar-refractivity contribution >= 4 is 17.7 Å². The molecule has 4 nitrogen and oxygen atoms in total. The smallest absolute Gasteiger partial charge is 0.277 e. The lowest BCUT2D eigenvalue weighted by Crippen LogP contribution is -2.26. The van der Waals surface area contributed by atoms with Gasteiger partial charge in [0, 0.05) is 11.6 Å². The van der Waals surface area contributed by atoms with Crippen molar-refractivity contribution in [1.29, 1.82) is 0 Å². The highest BCUT2D eigenvalue weighted by atomic mass is 35.5. The molecule has 132 valence electrons. The second-order valence-corrected chi connectivity index (χ2v) is 6.00. The first-order valence-electron chi connectivity index (χ1n) is 8.38. The van der Waals surface area contributed by atoms with Gasteiger partial charge in [-0.2, -0.15) is 0 Å². The number of aromatic nitrogens is 2. The molecule has 0 aliphatic rings. The molecule has 0 fully saturated rings. The Morgan fingerprint density at radius 2 is 1.73 bits per heavy atom. The molecule has 3 aromatic rings. The number of halogens is 1. The number of hydrogen-bond acceptors (Lipinski definition) is 3. The third-order valence-electron chi connectivity index (χ3n) is 3.87. The van der Waals surface area contributed by atoms with Gasteiger partial charge in [-0.3, -0.25) is 9.36 Å². The minimum atomic E-state index is -0.215. The SMILES string of the molecule is CCO/C=C/c1nc(Cl)c(-c2ccccc2)n(Cc2ccccc2)c1=O. The van der Waals surface area contributed by atoms with E-state index in [4.69, 9.17) is 16.3 Å². The molecule has 0 atom stereocenters. The number of rotatable bonds is 6. The monoisotopic (exact) mass is 366 g/mol. The van der Waals surface area contributed by atoms with Crippen molar-refractivity contribution in [2.24, 2.45) is 0 Å². The summed E-state index contributed by atoms with van der Waals surface area (Å²) in [6.45, 7) is 2.79. The number of ether oxygens (including phenoxy) is 1. The fourth-order valence-corrected chi connectivity index (χ4v) is 2.97. The summed E-state index contributed by atoms with van der Waals surface area (Å²) >= 11 is 6.47. The zero-order valence-electron chi connectivity index (χ0n) is 14.4. The molecule has 0 bridgehead atoms. The van der Waals surface area contributed by atoms with Gasteiger partial charge in [0.15, 0.2) is 5.15 Å². The summed E-state index contributed by atoms with van der Waals surface area (Å²) < 4.78 is 6.85. The predicted octanol–water partition coefficient (Wildman–Crippen LogP) is 4.62. The lowest BCUT2D eigenvalue weighted by molar-refractivity contribution is 0.272. The molecule has 0 unspecified atom stereocenters.